The van der Waals surface area contributed by atoms with Gasteiger partial charge in [0, 0.05) is 18.0 Å². The van der Waals surface area contributed by atoms with Crippen molar-refractivity contribution >= 4 is 10.9 Å². The van der Waals surface area contributed by atoms with Crippen LogP contribution < -0.4 is 5.32 Å². The molecule has 0 unspecified atom stereocenters. The summed E-state index contributed by atoms with van der Waals surface area (Å²) in [4.78, 5) is 0. The molecule has 3 heteroatoms. The zero-order chi connectivity index (χ0) is 12.5. The molecule has 92 valence electrons. The number of aryl methyl sites for hydroxylation is 1. The highest BCUT2D eigenvalue weighted by Gasteiger charge is 2.08. The number of fused-ring (bicyclic) bond motifs is 1. The van der Waals surface area contributed by atoms with Crippen molar-refractivity contribution in [1.29, 1.82) is 0 Å². The van der Waals surface area contributed by atoms with Crippen molar-refractivity contribution in [3.05, 3.63) is 30.0 Å². The molecule has 0 bridgehead atoms. The van der Waals surface area contributed by atoms with Crippen LogP contribution in [0.4, 0.5) is 0 Å². The summed E-state index contributed by atoms with van der Waals surface area (Å²) < 4.78 is 1.91. The van der Waals surface area contributed by atoms with Gasteiger partial charge >= 0.3 is 0 Å². The van der Waals surface area contributed by atoms with Crippen LogP contribution in [0.2, 0.25) is 0 Å². The van der Waals surface area contributed by atoms with Gasteiger partial charge in [0.2, 0.25) is 0 Å². The van der Waals surface area contributed by atoms with Crippen LogP contribution in [0.5, 0.6) is 0 Å². The lowest BCUT2D eigenvalue weighted by Gasteiger charge is -2.20. The second-order valence-electron chi connectivity index (χ2n) is 5.59. The zero-order valence-corrected chi connectivity index (χ0v) is 11.1. The molecule has 0 spiro atoms. The maximum absolute atomic E-state index is 4.26. The predicted molar refractivity (Wildman–Crippen MR) is 72.2 cm³/mol. The molecule has 0 amide bonds. The Morgan fingerprint density at radius 1 is 1.29 bits per heavy atom. The van der Waals surface area contributed by atoms with E-state index in [2.05, 4.69) is 49.4 Å². The van der Waals surface area contributed by atoms with Crippen molar-refractivity contribution in [3.8, 4) is 0 Å². The number of hydrogen-bond donors (Lipinski definition) is 1. The van der Waals surface area contributed by atoms with Gasteiger partial charge in [-0.15, -0.1) is 0 Å². The molecule has 0 fully saturated rings. The lowest BCUT2D eigenvalue weighted by molar-refractivity contribution is 0.429. The van der Waals surface area contributed by atoms with Crippen molar-refractivity contribution in [3.63, 3.8) is 0 Å². The number of rotatable bonds is 3. The van der Waals surface area contributed by atoms with Gasteiger partial charge in [-0.25, -0.2) is 0 Å². The summed E-state index contributed by atoms with van der Waals surface area (Å²) in [5.41, 5.74) is 2.75. The molecular formula is C14H21N3. The van der Waals surface area contributed by atoms with Gasteiger partial charge in [0.15, 0.2) is 0 Å². The minimum absolute atomic E-state index is 0.193. The van der Waals surface area contributed by atoms with E-state index < -0.39 is 0 Å². The average molecular weight is 231 g/mol. The standard InChI is InChI=1S/C14H21N3/c1-14(2,3)15-8-7-11-5-6-13-12(9-11)10-16-17(13)4/h5-6,9-10,15H,7-8H2,1-4H3. The Hall–Kier alpha value is -1.35. The van der Waals surface area contributed by atoms with Crippen molar-refractivity contribution in [2.45, 2.75) is 32.7 Å². The maximum atomic E-state index is 4.26. The molecule has 17 heavy (non-hydrogen) atoms. The summed E-state index contributed by atoms with van der Waals surface area (Å²) >= 11 is 0. The summed E-state index contributed by atoms with van der Waals surface area (Å²) in [6, 6.07) is 6.57. The smallest absolute Gasteiger partial charge is 0.0679 e. The summed E-state index contributed by atoms with van der Waals surface area (Å²) in [6.07, 6.45) is 2.98. The van der Waals surface area contributed by atoms with E-state index in [0.29, 0.717) is 0 Å². The van der Waals surface area contributed by atoms with Crippen LogP contribution in [-0.4, -0.2) is 21.9 Å². The van der Waals surface area contributed by atoms with Gasteiger partial charge in [-0.05, 0) is 51.4 Å². The second-order valence-corrected chi connectivity index (χ2v) is 5.59. The highest BCUT2D eigenvalue weighted by Crippen LogP contribution is 2.15. The molecular weight excluding hydrogens is 210 g/mol. The SMILES string of the molecule is Cn1ncc2cc(CCNC(C)(C)C)ccc21. The van der Waals surface area contributed by atoms with Crippen LogP contribution in [0, 0.1) is 0 Å². The molecule has 0 radical (unpaired) electrons. The molecule has 1 aromatic heterocycles. The van der Waals surface area contributed by atoms with E-state index in [1.807, 2.05) is 17.9 Å². The molecule has 1 heterocycles. The number of nitrogens with one attached hydrogen (secondary N) is 1. The van der Waals surface area contributed by atoms with Crippen LogP contribution in [0.15, 0.2) is 24.4 Å². The monoisotopic (exact) mass is 231 g/mol. The Morgan fingerprint density at radius 2 is 2.06 bits per heavy atom. The Balaban J connectivity index is 2.04. The van der Waals surface area contributed by atoms with Gasteiger partial charge in [0.05, 0.1) is 11.7 Å². The fraction of sp³-hybridized carbons (Fsp3) is 0.500. The minimum atomic E-state index is 0.193. The first-order chi connectivity index (χ1) is 7.96. The number of aromatic nitrogens is 2. The molecule has 3 nitrogen and oxygen atoms in total. The molecule has 1 aromatic carbocycles. The Kier molecular flexibility index (Phi) is 3.20. The van der Waals surface area contributed by atoms with E-state index in [1.165, 1.54) is 16.5 Å². The third kappa shape index (κ3) is 3.07. The van der Waals surface area contributed by atoms with Crippen molar-refractivity contribution in [2.24, 2.45) is 7.05 Å². The average Bonchev–Trinajstić information content (AvgIpc) is 2.58. The van der Waals surface area contributed by atoms with Gasteiger partial charge in [0.25, 0.3) is 0 Å². The molecule has 0 saturated heterocycles. The summed E-state index contributed by atoms with van der Waals surface area (Å²) in [5, 5.41) is 8.98. The number of benzene rings is 1. The largest absolute Gasteiger partial charge is 0.312 e. The zero-order valence-electron chi connectivity index (χ0n) is 11.1. The molecule has 0 atom stereocenters. The molecule has 2 rings (SSSR count). The number of nitrogens with zero attached hydrogens (tertiary/aromatic N) is 2. The van der Waals surface area contributed by atoms with Gasteiger partial charge in [-0.1, -0.05) is 6.07 Å². The first kappa shape index (κ1) is 12.1. The van der Waals surface area contributed by atoms with Crippen LogP contribution in [0.25, 0.3) is 10.9 Å². The molecule has 2 aromatic rings. The molecule has 0 aliphatic carbocycles. The third-order valence-corrected chi connectivity index (χ3v) is 2.88. The van der Waals surface area contributed by atoms with Crippen LogP contribution in [0.1, 0.15) is 26.3 Å². The molecule has 0 aliphatic rings. The first-order valence-corrected chi connectivity index (χ1v) is 6.11. The molecule has 0 saturated carbocycles. The van der Waals surface area contributed by atoms with E-state index in [9.17, 15) is 0 Å². The van der Waals surface area contributed by atoms with Crippen molar-refractivity contribution in [1.82, 2.24) is 15.1 Å². The Labute approximate surface area is 103 Å². The van der Waals surface area contributed by atoms with E-state index in [-0.39, 0.29) is 5.54 Å². The highest BCUT2D eigenvalue weighted by atomic mass is 15.2. The van der Waals surface area contributed by atoms with E-state index in [1.54, 1.807) is 0 Å². The predicted octanol–water partition coefficient (Wildman–Crippen LogP) is 2.50. The van der Waals surface area contributed by atoms with Gasteiger partial charge in [-0.2, -0.15) is 5.10 Å². The second kappa shape index (κ2) is 4.49. The highest BCUT2D eigenvalue weighted by molar-refractivity contribution is 5.79. The van der Waals surface area contributed by atoms with E-state index in [0.717, 1.165) is 13.0 Å². The van der Waals surface area contributed by atoms with Crippen LogP contribution in [0.3, 0.4) is 0 Å². The number of hydrogen-bond acceptors (Lipinski definition) is 2. The summed E-state index contributed by atoms with van der Waals surface area (Å²) in [6.45, 7) is 7.58. The lowest BCUT2D eigenvalue weighted by atomic mass is 10.1. The lowest BCUT2D eigenvalue weighted by Crippen LogP contribution is -2.37. The van der Waals surface area contributed by atoms with Gasteiger partial charge in [-0.3, -0.25) is 4.68 Å². The van der Waals surface area contributed by atoms with E-state index >= 15 is 0 Å². The van der Waals surface area contributed by atoms with Gasteiger partial charge in [0.1, 0.15) is 0 Å². The van der Waals surface area contributed by atoms with Crippen LogP contribution >= 0.6 is 0 Å². The molecule has 1 N–H and O–H groups in total. The topological polar surface area (TPSA) is 29.9 Å². The molecule has 0 aliphatic heterocycles. The fourth-order valence-electron chi connectivity index (χ4n) is 1.95. The van der Waals surface area contributed by atoms with Gasteiger partial charge < -0.3 is 5.32 Å². The van der Waals surface area contributed by atoms with Crippen molar-refractivity contribution < 1.29 is 0 Å². The fourth-order valence-corrected chi connectivity index (χ4v) is 1.95. The van der Waals surface area contributed by atoms with Crippen molar-refractivity contribution in [2.75, 3.05) is 6.54 Å². The Morgan fingerprint density at radius 3 is 2.76 bits per heavy atom. The minimum Gasteiger partial charge on any atom is -0.312 e. The summed E-state index contributed by atoms with van der Waals surface area (Å²) in [7, 11) is 1.98. The summed E-state index contributed by atoms with van der Waals surface area (Å²) in [5.74, 6) is 0. The Bertz CT molecular complexity index is 506. The van der Waals surface area contributed by atoms with E-state index in [4.69, 9.17) is 0 Å². The normalized spacial score (nSPS) is 12.2. The maximum Gasteiger partial charge on any atom is 0.0679 e. The van der Waals surface area contributed by atoms with Crippen LogP contribution in [-0.2, 0) is 13.5 Å². The first-order valence-electron chi connectivity index (χ1n) is 6.11. The quantitative estimate of drug-likeness (QED) is 0.879. The third-order valence-electron chi connectivity index (χ3n) is 2.88.